The highest BCUT2D eigenvalue weighted by Gasteiger charge is 2.48. The van der Waals surface area contributed by atoms with Crippen LogP contribution in [0.15, 0.2) is 66.5 Å². The maximum Gasteiger partial charge on any atom is 0.301 e. The molecule has 0 aliphatic carbocycles. The molecule has 1 amide bonds. The predicted molar refractivity (Wildman–Crippen MR) is 139 cm³/mol. The molecule has 1 aliphatic heterocycles. The number of Topliss-reactive ketones (excluding diaryl/α,β-unsaturated/α-hetero) is 1. The van der Waals surface area contributed by atoms with Crippen LogP contribution in [0.4, 0.5) is 5.13 Å². The number of hydrogen-bond donors (Lipinski definition) is 1. The van der Waals surface area contributed by atoms with Crippen LogP contribution in [0.1, 0.15) is 24.1 Å². The number of nitrogens with zero attached hydrogens (tertiary/aromatic N) is 3. The van der Waals surface area contributed by atoms with Crippen LogP contribution in [0.25, 0.3) is 16.0 Å². The number of carbonyl (C=O) groups is 2. The van der Waals surface area contributed by atoms with Gasteiger partial charge >= 0.3 is 5.91 Å². The fourth-order valence-electron chi connectivity index (χ4n) is 4.26. The third-order valence-electron chi connectivity index (χ3n) is 5.99. The molecule has 9 nitrogen and oxygen atoms in total. The van der Waals surface area contributed by atoms with Crippen molar-refractivity contribution in [3.63, 3.8) is 0 Å². The number of aliphatic hydroxyl groups excluding tert-OH is 1. The van der Waals surface area contributed by atoms with Gasteiger partial charge in [-0.2, -0.15) is 0 Å². The lowest BCUT2D eigenvalue weighted by Gasteiger charge is -2.23. The van der Waals surface area contributed by atoms with E-state index in [-0.39, 0.29) is 11.3 Å². The van der Waals surface area contributed by atoms with E-state index in [0.29, 0.717) is 45.6 Å². The van der Waals surface area contributed by atoms with Crippen LogP contribution < -0.4 is 19.1 Å². The van der Waals surface area contributed by atoms with Crippen molar-refractivity contribution in [2.75, 3.05) is 25.7 Å². The number of pyridine rings is 1. The molecule has 2 aromatic carbocycles. The van der Waals surface area contributed by atoms with E-state index < -0.39 is 17.7 Å². The second-order valence-corrected chi connectivity index (χ2v) is 9.09. The van der Waals surface area contributed by atoms with Gasteiger partial charge in [0, 0.05) is 18.0 Å². The molecule has 37 heavy (non-hydrogen) atoms. The Labute approximate surface area is 216 Å². The number of carbonyl (C=O) groups excluding carboxylic acids is 2. The summed E-state index contributed by atoms with van der Waals surface area (Å²) in [7, 11) is 3.08. The Bertz CT molecular complexity index is 1530. The van der Waals surface area contributed by atoms with Crippen LogP contribution in [0, 0.1) is 0 Å². The van der Waals surface area contributed by atoms with E-state index in [1.807, 2.05) is 13.0 Å². The van der Waals surface area contributed by atoms with Gasteiger partial charge in [0.15, 0.2) is 16.6 Å². The number of amides is 1. The Hall–Kier alpha value is -4.44. The van der Waals surface area contributed by atoms with Gasteiger partial charge in [-0.3, -0.25) is 19.5 Å². The van der Waals surface area contributed by atoms with Crippen LogP contribution in [-0.4, -0.2) is 47.6 Å². The topological polar surface area (TPSA) is 111 Å². The van der Waals surface area contributed by atoms with Crippen LogP contribution in [0.5, 0.6) is 17.2 Å². The van der Waals surface area contributed by atoms with E-state index in [9.17, 15) is 14.7 Å². The van der Waals surface area contributed by atoms with Gasteiger partial charge in [-0.25, -0.2) is 4.98 Å². The van der Waals surface area contributed by atoms with Crippen LogP contribution in [-0.2, 0) is 9.59 Å². The van der Waals surface area contributed by atoms with E-state index in [1.54, 1.807) is 49.6 Å². The van der Waals surface area contributed by atoms with Gasteiger partial charge in [0.1, 0.15) is 11.5 Å². The van der Waals surface area contributed by atoms with Gasteiger partial charge in [-0.1, -0.05) is 17.4 Å². The van der Waals surface area contributed by atoms with Gasteiger partial charge in [0.2, 0.25) is 0 Å². The number of rotatable bonds is 7. The fourth-order valence-corrected chi connectivity index (χ4v) is 5.28. The van der Waals surface area contributed by atoms with E-state index >= 15 is 0 Å². The number of ketones is 1. The minimum atomic E-state index is -0.958. The van der Waals surface area contributed by atoms with Gasteiger partial charge < -0.3 is 19.3 Å². The number of benzene rings is 2. The number of hydrogen-bond acceptors (Lipinski definition) is 9. The Kier molecular flexibility index (Phi) is 6.49. The summed E-state index contributed by atoms with van der Waals surface area (Å²) in [6, 6.07) is 12.7. The molecule has 2 aromatic heterocycles. The minimum Gasteiger partial charge on any atom is -0.507 e. The first-order valence-corrected chi connectivity index (χ1v) is 12.2. The number of aromatic nitrogens is 2. The second-order valence-electron chi connectivity index (χ2n) is 8.08. The SMILES string of the molecule is CCOc1ccc(C2/C(=C(\O)c3ccncc3)C(=O)C(=O)N2c2nc3ccc(OC)cc3s2)cc1OC. The highest BCUT2D eigenvalue weighted by Crippen LogP contribution is 2.46. The summed E-state index contributed by atoms with van der Waals surface area (Å²) in [4.78, 5) is 36.8. The number of fused-ring (bicyclic) bond motifs is 1. The molecule has 10 heteroatoms. The van der Waals surface area contributed by atoms with Crippen molar-refractivity contribution in [1.82, 2.24) is 9.97 Å². The van der Waals surface area contributed by atoms with Crippen LogP contribution in [0.2, 0.25) is 0 Å². The third kappa shape index (κ3) is 4.25. The lowest BCUT2D eigenvalue weighted by molar-refractivity contribution is -0.132. The molecule has 188 valence electrons. The molecule has 1 aliphatic rings. The zero-order chi connectivity index (χ0) is 26.1. The molecule has 1 unspecified atom stereocenters. The summed E-state index contributed by atoms with van der Waals surface area (Å²) >= 11 is 1.25. The van der Waals surface area contributed by atoms with E-state index in [1.165, 1.54) is 35.7 Å². The zero-order valence-corrected chi connectivity index (χ0v) is 21.1. The molecule has 0 saturated carbocycles. The van der Waals surface area contributed by atoms with Crippen molar-refractivity contribution in [3.05, 3.63) is 77.6 Å². The number of aliphatic hydroxyl groups is 1. The van der Waals surface area contributed by atoms with Gasteiger partial charge in [0.25, 0.3) is 5.78 Å². The van der Waals surface area contributed by atoms with Crippen molar-refractivity contribution in [3.8, 4) is 17.2 Å². The van der Waals surface area contributed by atoms with Gasteiger partial charge in [0.05, 0.1) is 42.7 Å². The summed E-state index contributed by atoms with van der Waals surface area (Å²) in [6.07, 6.45) is 3.00. The standard InChI is InChI=1S/C27H23N3O6S/c1-4-36-19-8-5-16(13-20(19)35-3)23-22(24(31)15-9-11-28-12-10-15)25(32)26(33)30(23)27-29-18-7-6-17(34-2)14-21(18)37-27/h5-14,23,31H,4H2,1-3H3/b24-22+. The number of methoxy groups -OCH3 is 2. The summed E-state index contributed by atoms with van der Waals surface area (Å²) in [5, 5.41) is 11.6. The van der Waals surface area contributed by atoms with E-state index in [2.05, 4.69) is 9.97 Å². The Morgan fingerprint density at radius 3 is 2.51 bits per heavy atom. The number of thiazole rings is 1. The highest BCUT2D eigenvalue weighted by atomic mass is 32.1. The fraction of sp³-hybridized carbons (Fsp3) is 0.185. The van der Waals surface area contributed by atoms with Crippen molar-refractivity contribution in [2.24, 2.45) is 0 Å². The largest absolute Gasteiger partial charge is 0.507 e. The smallest absolute Gasteiger partial charge is 0.301 e. The Morgan fingerprint density at radius 1 is 1.03 bits per heavy atom. The van der Waals surface area contributed by atoms with Crippen molar-refractivity contribution < 1.29 is 28.9 Å². The second kappa shape index (κ2) is 9.90. The van der Waals surface area contributed by atoms with Crippen molar-refractivity contribution in [1.29, 1.82) is 0 Å². The molecule has 1 atom stereocenters. The monoisotopic (exact) mass is 517 g/mol. The molecular weight excluding hydrogens is 494 g/mol. The average Bonchev–Trinajstić information content (AvgIpc) is 3.46. The molecule has 4 aromatic rings. The summed E-state index contributed by atoms with van der Waals surface area (Å²) in [5.74, 6) is -0.308. The van der Waals surface area contributed by atoms with Crippen LogP contribution >= 0.6 is 11.3 Å². The average molecular weight is 518 g/mol. The molecule has 0 bridgehead atoms. The summed E-state index contributed by atoms with van der Waals surface area (Å²) in [5.41, 5.74) is 1.51. The molecule has 1 N–H and O–H groups in total. The molecular formula is C27H23N3O6S. The molecule has 0 radical (unpaired) electrons. The third-order valence-corrected chi connectivity index (χ3v) is 7.01. The normalized spacial score (nSPS) is 16.8. The van der Waals surface area contributed by atoms with Gasteiger partial charge in [-0.05, 0) is 55.0 Å². The summed E-state index contributed by atoms with van der Waals surface area (Å²) < 4.78 is 17.3. The van der Waals surface area contributed by atoms with Gasteiger partial charge in [-0.15, -0.1) is 0 Å². The highest BCUT2D eigenvalue weighted by molar-refractivity contribution is 7.22. The maximum atomic E-state index is 13.5. The first-order chi connectivity index (χ1) is 18.0. The number of ether oxygens (including phenoxy) is 3. The minimum absolute atomic E-state index is 0.0563. The molecule has 5 rings (SSSR count). The van der Waals surface area contributed by atoms with Crippen LogP contribution in [0.3, 0.4) is 0 Å². The van der Waals surface area contributed by atoms with E-state index in [4.69, 9.17) is 14.2 Å². The maximum absolute atomic E-state index is 13.5. The lowest BCUT2D eigenvalue weighted by Crippen LogP contribution is -2.29. The Morgan fingerprint density at radius 2 is 1.81 bits per heavy atom. The Balaban J connectivity index is 1.72. The van der Waals surface area contributed by atoms with Crippen molar-refractivity contribution in [2.45, 2.75) is 13.0 Å². The van der Waals surface area contributed by atoms with Crippen molar-refractivity contribution >= 4 is 44.1 Å². The molecule has 1 saturated heterocycles. The predicted octanol–water partition coefficient (Wildman–Crippen LogP) is 4.73. The lowest BCUT2D eigenvalue weighted by atomic mass is 9.95. The summed E-state index contributed by atoms with van der Waals surface area (Å²) in [6.45, 7) is 2.30. The van der Waals surface area contributed by atoms with E-state index in [0.717, 1.165) is 4.70 Å². The first-order valence-electron chi connectivity index (χ1n) is 11.4. The molecule has 0 spiro atoms. The molecule has 1 fully saturated rings. The zero-order valence-electron chi connectivity index (χ0n) is 20.3. The first kappa shape index (κ1) is 24.3. The number of anilines is 1. The molecule has 3 heterocycles. The quantitative estimate of drug-likeness (QED) is 0.213.